The van der Waals surface area contributed by atoms with Crippen molar-refractivity contribution in [2.75, 3.05) is 11.5 Å². The Balaban J connectivity index is 2.02. The SMILES string of the molecule is CC1(NC(=O)NC(C(=O)O)c2cccs2)CCS(=O)(=O)C1. The number of carbonyl (C=O) groups is 2. The summed E-state index contributed by atoms with van der Waals surface area (Å²) < 4.78 is 23.0. The van der Waals surface area contributed by atoms with Crippen LogP contribution in [0.1, 0.15) is 24.3 Å². The van der Waals surface area contributed by atoms with Crippen molar-refractivity contribution >= 4 is 33.2 Å². The number of carboxylic acids is 1. The molecule has 0 saturated carbocycles. The van der Waals surface area contributed by atoms with Gasteiger partial charge >= 0.3 is 12.0 Å². The maximum absolute atomic E-state index is 11.9. The van der Waals surface area contributed by atoms with Gasteiger partial charge in [-0.25, -0.2) is 18.0 Å². The van der Waals surface area contributed by atoms with E-state index in [2.05, 4.69) is 10.6 Å². The van der Waals surface area contributed by atoms with E-state index in [0.29, 0.717) is 11.3 Å². The van der Waals surface area contributed by atoms with E-state index < -0.39 is 33.4 Å². The number of thiophene rings is 1. The van der Waals surface area contributed by atoms with E-state index >= 15 is 0 Å². The Morgan fingerprint density at radius 3 is 2.67 bits per heavy atom. The number of rotatable bonds is 4. The molecule has 0 aromatic carbocycles. The van der Waals surface area contributed by atoms with Crippen LogP contribution in [0.2, 0.25) is 0 Å². The number of nitrogens with one attached hydrogen (secondary N) is 2. The zero-order valence-corrected chi connectivity index (χ0v) is 13.0. The minimum absolute atomic E-state index is 0.0249. The van der Waals surface area contributed by atoms with Crippen LogP contribution in [0, 0.1) is 0 Å². The maximum atomic E-state index is 11.9. The summed E-state index contributed by atoms with van der Waals surface area (Å²) in [5.41, 5.74) is -0.860. The van der Waals surface area contributed by atoms with Gasteiger partial charge < -0.3 is 15.7 Å². The molecular weight excluding hydrogens is 316 g/mol. The van der Waals surface area contributed by atoms with Crippen molar-refractivity contribution in [3.8, 4) is 0 Å². The molecule has 2 amide bonds. The highest BCUT2D eigenvalue weighted by atomic mass is 32.2. The highest BCUT2D eigenvalue weighted by molar-refractivity contribution is 7.91. The van der Waals surface area contributed by atoms with Gasteiger partial charge in [-0.2, -0.15) is 0 Å². The first-order valence-corrected chi connectivity index (χ1v) is 8.96. The largest absolute Gasteiger partial charge is 0.479 e. The number of urea groups is 1. The Morgan fingerprint density at radius 2 is 2.19 bits per heavy atom. The van der Waals surface area contributed by atoms with Crippen molar-refractivity contribution in [1.82, 2.24) is 10.6 Å². The Kier molecular flexibility index (Phi) is 4.24. The fraction of sp³-hybridized carbons (Fsp3) is 0.500. The standard InChI is InChI=1S/C12H16N2O5S2/c1-12(4-6-21(18,19)7-12)14-11(17)13-9(10(15)16)8-3-2-5-20-8/h2-3,5,9H,4,6-7H2,1H3,(H,15,16)(H2,13,14,17). The van der Waals surface area contributed by atoms with Crippen LogP contribution in [-0.2, 0) is 14.6 Å². The van der Waals surface area contributed by atoms with E-state index in [1.807, 2.05) is 0 Å². The number of carbonyl (C=O) groups excluding carboxylic acids is 1. The Labute approximate surface area is 126 Å². The molecule has 3 N–H and O–H groups in total. The van der Waals surface area contributed by atoms with Gasteiger partial charge in [-0.05, 0) is 24.8 Å². The second-order valence-corrected chi connectivity index (χ2v) is 8.45. The van der Waals surface area contributed by atoms with Gasteiger partial charge in [0.2, 0.25) is 0 Å². The lowest BCUT2D eigenvalue weighted by Gasteiger charge is -2.25. The summed E-state index contributed by atoms with van der Waals surface area (Å²) >= 11 is 1.22. The zero-order chi connectivity index (χ0) is 15.7. The Morgan fingerprint density at radius 1 is 1.48 bits per heavy atom. The summed E-state index contributed by atoms with van der Waals surface area (Å²) in [7, 11) is -3.14. The fourth-order valence-corrected chi connectivity index (χ4v) is 5.12. The minimum Gasteiger partial charge on any atom is -0.479 e. The number of amides is 2. The molecule has 1 saturated heterocycles. The summed E-state index contributed by atoms with van der Waals surface area (Å²) in [4.78, 5) is 23.7. The lowest BCUT2D eigenvalue weighted by molar-refractivity contribution is -0.139. The lowest BCUT2D eigenvalue weighted by Crippen LogP contribution is -2.52. The molecule has 0 spiro atoms. The second-order valence-electron chi connectivity index (χ2n) is 5.29. The van der Waals surface area contributed by atoms with Gasteiger partial charge in [-0.15, -0.1) is 11.3 Å². The molecule has 0 bridgehead atoms. The first kappa shape index (κ1) is 15.8. The topological polar surface area (TPSA) is 113 Å². The molecule has 2 unspecified atom stereocenters. The molecule has 9 heteroatoms. The summed E-state index contributed by atoms with van der Waals surface area (Å²) in [5.74, 6) is -1.28. The highest BCUT2D eigenvalue weighted by Gasteiger charge is 2.40. The smallest absolute Gasteiger partial charge is 0.331 e. The van der Waals surface area contributed by atoms with Crippen molar-refractivity contribution in [2.24, 2.45) is 0 Å². The Hall–Kier alpha value is -1.61. The van der Waals surface area contributed by atoms with E-state index in [1.54, 1.807) is 24.4 Å². The summed E-state index contributed by atoms with van der Waals surface area (Å²) in [5, 5.41) is 15.8. The Bertz CT molecular complexity index is 641. The molecule has 2 atom stereocenters. The molecule has 21 heavy (non-hydrogen) atoms. The third-order valence-electron chi connectivity index (χ3n) is 3.27. The van der Waals surface area contributed by atoms with Crippen LogP contribution in [0.15, 0.2) is 17.5 Å². The molecule has 1 aromatic heterocycles. The van der Waals surface area contributed by atoms with Crippen molar-refractivity contribution in [3.05, 3.63) is 22.4 Å². The zero-order valence-electron chi connectivity index (χ0n) is 11.3. The molecule has 2 heterocycles. The number of aliphatic carboxylic acids is 1. The van der Waals surface area contributed by atoms with Gasteiger partial charge in [-0.3, -0.25) is 0 Å². The molecule has 116 valence electrons. The normalized spacial score (nSPS) is 25.2. The first-order valence-electron chi connectivity index (χ1n) is 6.26. The summed E-state index contributed by atoms with van der Waals surface area (Å²) in [6.45, 7) is 1.64. The highest BCUT2D eigenvalue weighted by Crippen LogP contribution is 2.23. The molecule has 1 fully saturated rings. The lowest BCUT2D eigenvalue weighted by atomic mass is 10.0. The van der Waals surface area contributed by atoms with Crippen LogP contribution < -0.4 is 10.6 Å². The molecule has 2 rings (SSSR count). The average Bonchev–Trinajstić information content (AvgIpc) is 2.94. The van der Waals surface area contributed by atoms with Crippen molar-refractivity contribution in [3.63, 3.8) is 0 Å². The average molecular weight is 332 g/mol. The van der Waals surface area contributed by atoms with Crippen LogP contribution in [0.4, 0.5) is 4.79 Å². The van der Waals surface area contributed by atoms with E-state index in [1.165, 1.54) is 11.3 Å². The van der Waals surface area contributed by atoms with Gasteiger partial charge in [-0.1, -0.05) is 6.07 Å². The quantitative estimate of drug-likeness (QED) is 0.753. The van der Waals surface area contributed by atoms with Gasteiger partial charge in [0.1, 0.15) is 0 Å². The van der Waals surface area contributed by atoms with Crippen LogP contribution in [0.3, 0.4) is 0 Å². The fourth-order valence-electron chi connectivity index (χ4n) is 2.26. The van der Waals surface area contributed by atoms with E-state index in [4.69, 9.17) is 0 Å². The van der Waals surface area contributed by atoms with Gasteiger partial charge in [0, 0.05) is 4.88 Å². The van der Waals surface area contributed by atoms with Crippen LogP contribution in [0.25, 0.3) is 0 Å². The molecule has 0 radical (unpaired) electrons. The first-order chi connectivity index (χ1) is 9.71. The number of carboxylic acid groups (broad SMARTS) is 1. The number of hydrogen-bond donors (Lipinski definition) is 3. The molecule has 1 aliphatic heterocycles. The van der Waals surface area contributed by atoms with Crippen molar-refractivity contribution < 1.29 is 23.1 Å². The minimum atomic E-state index is -3.14. The third-order valence-corrected chi connectivity index (χ3v) is 6.11. The molecule has 1 aliphatic rings. The maximum Gasteiger partial charge on any atom is 0.331 e. The van der Waals surface area contributed by atoms with Crippen LogP contribution in [-0.4, -0.2) is 42.6 Å². The van der Waals surface area contributed by atoms with E-state index in [9.17, 15) is 23.1 Å². The van der Waals surface area contributed by atoms with Gasteiger partial charge in [0.05, 0.1) is 17.0 Å². The van der Waals surface area contributed by atoms with Crippen LogP contribution in [0.5, 0.6) is 0 Å². The second kappa shape index (κ2) is 5.64. The molecule has 0 aliphatic carbocycles. The monoisotopic (exact) mass is 332 g/mol. The van der Waals surface area contributed by atoms with Crippen molar-refractivity contribution in [2.45, 2.75) is 24.9 Å². The van der Waals surface area contributed by atoms with E-state index in [-0.39, 0.29) is 11.5 Å². The van der Waals surface area contributed by atoms with Crippen LogP contribution >= 0.6 is 11.3 Å². The summed E-state index contributed by atoms with van der Waals surface area (Å²) in [6.07, 6.45) is 0.319. The van der Waals surface area contributed by atoms with Gasteiger partial charge in [0.25, 0.3) is 0 Å². The predicted octanol–water partition coefficient (Wildman–Crippen LogP) is 0.750. The molecular formula is C12H16N2O5S2. The van der Waals surface area contributed by atoms with E-state index in [0.717, 1.165) is 0 Å². The molecule has 7 nitrogen and oxygen atoms in total. The molecule has 1 aromatic rings. The third kappa shape index (κ3) is 3.94. The summed E-state index contributed by atoms with van der Waals surface area (Å²) in [6, 6.07) is 1.48. The van der Waals surface area contributed by atoms with Gasteiger partial charge in [0.15, 0.2) is 15.9 Å². The number of sulfone groups is 1. The number of hydrogen-bond acceptors (Lipinski definition) is 5. The van der Waals surface area contributed by atoms with Crippen molar-refractivity contribution in [1.29, 1.82) is 0 Å². The predicted molar refractivity (Wildman–Crippen MR) is 78.0 cm³/mol.